The minimum Gasteiger partial charge on any atom is -0.480 e. The Morgan fingerprint density at radius 3 is 2.69 bits per heavy atom. The van der Waals surface area contributed by atoms with Gasteiger partial charge in [0, 0.05) is 19.0 Å². The quantitative estimate of drug-likeness (QED) is 0.810. The lowest BCUT2D eigenvalue weighted by Crippen LogP contribution is -2.37. The number of para-hydroxylation sites is 1. The van der Waals surface area contributed by atoms with Crippen molar-refractivity contribution >= 4 is 15.9 Å². The molecule has 0 aliphatic carbocycles. The average Bonchev–Trinajstić information content (AvgIpc) is 3.03. The first kappa shape index (κ1) is 18.4. The molecule has 2 aromatic rings. The number of rotatable bonds is 6. The van der Waals surface area contributed by atoms with E-state index >= 15 is 0 Å². The molecule has 1 amide bonds. The molecule has 0 fully saturated rings. The average molecular weight is 374 g/mol. The molecule has 1 aliphatic rings. The van der Waals surface area contributed by atoms with Crippen LogP contribution in [0.1, 0.15) is 25.0 Å². The van der Waals surface area contributed by atoms with Gasteiger partial charge in [-0.15, -0.1) is 0 Å². The SMILES string of the molecule is CC(C)NS(=O)(=O)c1cccc(CNC(=O)C2Cc3ccccc3O2)c1. The van der Waals surface area contributed by atoms with Crippen LogP contribution in [0.3, 0.4) is 0 Å². The van der Waals surface area contributed by atoms with Crippen LogP contribution in [0.4, 0.5) is 0 Å². The molecule has 0 radical (unpaired) electrons. The third-order valence-electron chi connectivity index (χ3n) is 4.01. The van der Waals surface area contributed by atoms with Crippen molar-refractivity contribution in [3.05, 3.63) is 59.7 Å². The van der Waals surface area contributed by atoms with E-state index < -0.39 is 16.1 Å². The number of nitrogens with one attached hydrogen (secondary N) is 2. The molecule has 0 aromatic heterocycles. The minimum atomic E-state index is -3.56. The van der Waals surface area contributed by atoms with Gasteiger partial charge in [-0.2, -0.15) is 0 Å². The first-order chi connectivity index (χ1) is 12.3. The summed E-state index contributed by atoms with van der Waals surface area (Å²) in [5, 5.41) is 2.82. The monoisotopic (exact) mass is 374 g/mol. The van der Waals surface area contributed by atoms with Crippen molar-refractivity contribution in [2.75, 3.05) is 0 Å². The summed E-state index contributed by atoms with van der Waals surface area (Å²) in [6, 6.07) is 13.9. The summed E-state index contributed by atoms with van der Waals surface area (Å²) in [7, 11) is -3.56. The Morgan fingerprint density at radius 1 is 1.19 bits per heavy atom. The van der Waals surface area contributed by atoms with E-state index in [4.69, 9.17) is 4.74 Å². The van der Waals surface area contributed by atoms with Gasteiger partial charge in [0.25, 0.3) is 5.91 Å². The molecule has 0 spiro atoms. The lowest BCUT2D eigenvalue weighted by atomic mass is 10.1. The summed E-state index contributed by atoms with van der Waals surface area (Å²) >= 11 is 0. The molecule has 26 heavy (non-hydrogen) atoms. The second kappa shape index (κ2) is 7.47. The highest BCUT2D eigenvalue weighted by Crippen LogP contribution is 2.28. The van der Waals surface area contributed by atoms with E-state index in [1.165, 1.54) is 6.07 Å². The fourth-order valence-corrected chi connectivity index (χ4v) is 4.15. The van der Waals surface area contributed by atoms with Gasteiger partial charge in [0.1, 0.15) is 5.75 Å². The summed E-state index contributed by atoms with van der Waals surface area (Å²) in [5.41, 5.74) is 1.72. The zero-order valence-electron chi connectivity index (χ0n) is 14.7. The normalized spacial score (nSPS) is 16.2. The molecular formula is C19H22N2O4S. The third-order valence-corrected chi connectivity index (χ3v) is 5.66. The Bertz CT molecular complexity index is 884. The predicted octanol–water partition coefficient (Wildman–Crippen LogP) is 1.99. The molecular weight excluding hydrogens is 352 g/mol. The van der Waals surface area contributed by atoms with Crippen LogP contribution < -0.4 is 14.8 Å². The third kappa shape index (κ3) is 4.23. The highest BCUT2D eigenvalue weighted by Gasteiger charge is 2.28. The van der Waals surface area contributed by atoms with Crippen LogP contribution in [0.2, 0.25) is 0 Å². The van der Waals surface area contributed by atoms with Crippen molar-refractivity contribution in [3.63, 3.8) is 0 Å². The molecule has 1 unspecified atom stereocenters. The summed E-state index contributed by atoms with van der Waals surface area (Å²) in [4.78, 5) is 12.5. The van der Waals surface area contributed by atoms with Crippen molar-refractivity contribution in [1.82, 2.24) is 10.0 Å². The van der Waals surface area contributed by atoms with E-state index in [-0.39, 0.29) is 23.4 Å². The highest BCUT2D eigenvalue weighted by molar-refractivity contribution is 7.89. The van der Waals surface area contributed by atoms with Gasteiger partial charge >= 0.3 is 0 Å². The summed E-state index contributed by atoms with van der Waals surface area (Å²) < 4.78 is 32.7. The van der Waals surface area contributed by atoms with Gasteiger partial charge in [-0.1, -0.05) is 30.3 Å². The lowest BCUT2D eigenvalue weighted by Gasteiger charge is -2.13. The van der Waals surface area contributed by atoms with E-state index in [0.29, 0.717) is 12.0 Å². The Balaban J connectivity index is 1.62. The number of amides is 1. The van der Waals surface area contributed by atoms with Gasteiger partial charge in [0.2, 0.25) is 10.0 Å². The van der Waals surface area contributed by atoms with Crippen LogP contribution in [0.15, 0.2) is 53.4 Å². The van der Waals surface area contributed by atoms with Crippen molar-refractivity contribution in [2.45, 2.75) is 43.9 Å². The van der Waals surface area contributed by atoms with Crippen molar-refractivity contribution in [1.29, 1.82) is 0 Å². The molecule has 6 nitrogen and oxygen atoms in total. The van der Waals surface area contributed by atoms with Crippen molar-refractivity contribution < 1.29 is 17.9 Å². The molecule has 3 rings (SSSR count). The van der Waals surface area contributed by atoms with Crippen molar-refractivity contribution in [2.24, 2.45) is 0 Å². The second-order valence-electron chi connectivity index (χ2n) is 6.56. The van der Waals surface area contributed by atoms with Gasteiger partial charge < -0.3 is 10.1 Å². The van der Waals surface area contributed by atoms with Crippen LogP contribution in [0.25, 0.3) is 0 Å². The zero-order valence-corrected chi connectivity index (χ0v) is 15.5. The number of fused-ring (bicyclic) bond motifs is 1. The van der Waals surface area contributed by atoms with E-state index in [0.717, 1.165) is 11.3 Å². The van der Waals surface area contributed by atoms with Gasteiger partial charge in [-0.05, 0) is 43.2 Å². The number of hydrogen-bond donors (Lipinski definition) is 2. The van der Waals surface area contributed by atoms with E-state index in [1.807, 2.05) is 24.3 Å². The number of carbonyl (C=O) groups excluding carboxylic acids is 1. The molecule has 1 aliphatic heterocycles. The Morgan fingerprint density at radius 2 is 1.96 bits per heavy atom. The maximum absolute atomic E-state index is 12.3. The predicted molar refractivity (Wildman–Crippen MR) is 98.3 cm³/mol. The maximum Gasteiger partial charge on any atom is 0.261 e. The number of benzene rings is 2. The van der Waals surface area contributed by atoms with Crippen molar-refractivity contribution in [3.8, 4) is 5.75 Å². The fourth-order valence-electron chi connectivity index (χ4n) is 2.83. The smallest absolute Gasteiger partial charge is 0.261 e. The van der Waals surface area contributed by atoms with Crippen LogP contribution in [0, 0.1) is 0 Å². The molecule has 0 saturated carbocycles. The zero-order chi connectivity index (χ0) is 18.7. The van der Waals surface area contributed by atoms with Gasteiger partial charge in [-0.25, -0.2) is 13.1 Å². The summed E-state index contributed by atoms with van der Waals surface area (Å²) in [6.45, 7) is 3.77. The van der Waals surface area contributed by atoms with E-state index in [1.54, 1.807) is 32.0 Å². The van der Waals surface area contributed by atoms with Crippen LogP contribution >= 0.6 is 0 Å². The van der Waals surface area contributed by atoms with E-state index in [9.17, 15) is 13.2 Å². The maximum atomic E-state index is 12.3. The Hall–Kier alpha value is -2.38. The van der Waals surface area contributed by atoms with Crippen LogP contribution in [-0.2, 0) is 27.8 Å². The largest absolute Gasteiger partial charge is 0.480 e. The van der Waals surface area contributed by atoms with Gasteiger partial charge in [0.05, 0.1) is 4.90 Å². The molecule has 138 valence electrons. The van der Waals surface area contributed by atoms with Gasteiger partial charge in [0.15, 0.2) is 6.10 Å². The van der Waals surface area contributed by atoms with E-state index in [2.05, 4.69) is 10.0 Å². The second-order valence-corrected chi connectivity index (χ2v) is 8.27. The first-order valence-corrected chi connectivity index (χ1v) is 9.97. The van der Waals surface area contributed by atoms with Gasteiger partial charge in [-0.3, -0.25) is 4.79 Å². The molecule has 0 bridgehead atoms. The molecule has 1 atom stereocenters. The standard InChI is InChI=1S/C19H22N2O4S/c1-13(2)21-26(23,24)16-8-5-6-14(10-16)12-20-19(22)18-11-15-7-3-4-9-17(15)25-18/h3-10,13,18,21H,11-12H2,1-2H3,(H,20,22). The lowest BCUT2D eigenvalue weighted by molar-refractivity contribution is -0.127. The molecule has 7 heteroatoms. The minimum absolute atomic E-state index is 0.183. The highest BCUT2D eigenvalue weighted by atomic mass is 32.2. The van der Waals surface area contributed by atoms with Crippen LogP contribution in [-0.4, -0.2) is 26.5 Å². The summed E-state index contributed by atoms with van der Waals surface area (Å²) in [6.07, 6.45) is -0.0173. The molecule has 2 aromatic carbocycles. The number of sulfonamides is 1. The summed E-state index contributed by atoms with van der Waals surface area (Å²) in [5.74, 6) is 0.523. The number of carbonyl (C=O) groups is 1. The first-order valence-electron chi connectivity index (χ1n) is 8.49. The Labute approximate surface area is 153 Å². The molecule has 2 N–H and O–H groups in total. The van der Waals surface area contributed by atoms with Crippen LogP contribution in [0.5, 0.6) is 5.75 Å². The molecule has 0 saturated heterocycles. The Kier molecular flexibility index (Phi) is 5.29. The fraction of sp³-hybridized carbons (Fsp3) is 0.316. The molecule has 1 heterocycles. The number of hydrogen-bond acceptors (Lipinski definition) is 4. The number of ether oxygens (including phenoxy) is 1. The topological polar surface area (TPSA) is 84.5 Å².